The van der Waals surface area contributed by atoms with Crippen molar-refractivity contribution in [1.82, 2.24) is 0 Å². The number of hydrogen-bond donors (Lipinski definition) is 0. The molecule has 1 unspecified atom stereocenters. The van der Waals surface area contributed by atoms with Crippen LogP contribution in [0.4, 0.5) is 0 Å². The molecule has 0 nitrogen and oxygen atoms in total. The molecule has 0 aliphatic heterocycles. The molecule has 20 heavy (non-hydrogen) atoms. The van der Waals surface area contributed by atoms with E-state index in [4.69, 9.17) is 0 Å². The summed E-state index contributed by atoms with van der Waals surface area (Å²) in [5.41, 5.74) is 0. The summed E-state index contributed by atoms with van der Waals surface area (Å²) in [6, 6.07) is 0. The Morgan fingerprint density at radius 3 is 1.75 bits per heavy atom. The zero-order chi connectivity index (χ0) is 14.5. The molecule has 0 aromatic heterocycles. The van der Waals surface area contributed by atoms with Gasteiger partial charge in [-0.1, -0.05) is 117 Å². The molecule has 1 aliphatic rings. The quantitative estimate of drug-likeness (QED) is 0.272. The Morgan fingerprint density at radius 2 is 1.20 bits per heavy atom. The van der Waals surface area contributed by atoms with E-state index in [0.29, 0.717) is 0 Å². The van der Waals surface area contributed by atoms with Gasteiger partial charge in [0.05, 0.1) is 0 Å². The number of unbranched alkanes of at least 4 members (excludes halogenated alkanes) is 9. The fourth-order valence-corrected chi connectivity index (χ4v) is 3.27. The fraction of sp³-hybridized carbons (Fsp3) is 1.00. The van der Waals surface area contributed by atoms with Gasteiger partial charge in [-0.3, -0.25) is 0 Å². The number of rotatable bonds is 15. The maximum Gasteiger partial charge on any atom is -0.0414 e. The van der Waals surface area contributed by atoms with Gasteiger partial charge >= 0.3 is 0 Å². The minimum absolute atomic E-state index is 0.974. The summed E-state index contributed by atoms with van der Waals surface area (Å²) >= 11 is 0. The monoisotopic (exact) mass is 280 g/mol. The largest absolute Gasteiger partial charge is 0.0654 e. The van der Waals surface area contributed by atoms with Crippen molar-refractivity contribution in [2.45, 2.75) is 117 Å². The predicted octanol–water partition coefficient (Wildman–Crippen LogP) is 7.51. The third kappa shape index (κ3) is 11.8. The Morgan fingerprint density at radius 1 is 0.700 bits per heavy atom. The topological polar surface area (TPSA) is 0 Å². The summed E-state index contributed by atoms with van der Waals surface area (Å²) < 4.78 is 0. The highest BCUT2D eigenvalue weighted by Gasteiger charge is 2.19. The van der Waals surface area contributed by atoms with E-state index >= 15 is 0 Å². The van der Waals surface area contributed by atoms with Crippen molar-refractivity contribution in [2.24, 2.45) is 11.8 Å². The van der Waals surface area contributed by atoms with Crippen molar-refractivity contribution in [1.29, 1.82) is 0 Å². The van der Waals surface area contributed by atoms with Crippen LogP contribution in [0.25, 0.3) is 0 Å². The van der Waals surface area contributed by atoms with Crippen LogP contribution in [0, 0.1) is 11.8 Å². The second kappa shape index (κ2) is 12.7. The van der Waals surface area contributed by atoms with Gasteiger partial charge in [0.15, 0.2) is 0 Å². The summed E-state index contributed by atoms with van der Waals surface area (Å²) in [5.74, 6) is 2.12. The summed E-state index contributed by atoms with van der Waals surface area (Å²) in [6.07, 6.45) is 23.8. The van der Waals surface area contributed by atoms with E-state index in [1.165, 1.54) is 103 Å². The molecule has 0 saturated heterocycles. The van der Waals surface area contributed by atoms with Crippen LogP contribution in [-0.4, -0.2) is 0 Å². The maximum atomic E-state index is 2.44. The molecule has 0 heterocycles. The molecule has 1 aliphatic carbocycles. The SMILES string of the molecule is CCCCC(C)CCCCCCCCCCCC1CC1. The van der Waals surface area contributed by atoms with E-state index in [-0.39, 0.29) is 0 Å². The average Bonchev–Trinajstić information content (AvgIpc) is 3.26. The molecule has 120 valence electrons. The minimum atomic E-state index is 0.974. The van der Waals surface area contributed by atoms with E-state index in [1.807, 2.05) is 0 Å². The van der Waals surface area contributed by atoms with Gasteiger partial charge < -0.3 is 0 Å². The first-order valence-electron chi connectivity index (χ1n) is 9.83. The van der Waals surface area contributed by atoms with Crippen molar-refractivity contribution in [3.05, 3.63) is 0 Å². The molecule has 1 rings (SSSR count). The van der Waals surface area contributed by atoms with Crippen LogP contribution in [-0.2, 0) is 0 Å². The van der Waals surface area contributed by atoms with Crippen molar-refractivity contribution >= 4 is 0 Å². The summed E-state index contributed by atoms with van der Waals surface area (Å²) in [7, 11) is 0. The summed E-state index contributed by atoms with van der Waals surface area (Å²) in [4.78, 5) is 0. The molecule has 0 aromatic rings. The van der Waals surface area contributed by atoms with Crippen molar-refractivity contribution in [3.8, 4) is 0 Å². The fourth-order valence-electron chi connectivity index (χ4n) is 3.27. The molecule has 0 amide bonds. The van der Waals surface area contributed by atoms with Crippen LogP contribution in [0.15, 0.2) is 0 Å². The van der Waals surface area contributed by atoms with E-state index in [0.717, 1.165) is 11.8 Å². The Kier molecular flexibility index (Phi) is 11.5. The lowest BCUT2D eigenvalue weighted by Crippen LogP contribution is -1.94. The standard InChI is InChI=1S/C20H40/c1-3-4-14-19(2)15-12-10-8-6-5-7-9-11-13-16-20-17-18-20/h19-20H,3-18H2,1-2H3. The Bertz CT molecular complexity index is 192. The molecule has 1 fully saturated rings. The van der Waals surface area contributed by atoms with Gasteiger partial charge in [-0.05, 0) is 11.8 Å². The molecule has 0 radical (unpaired) electrons. The average molecular weight is 281 g/mol. The normalized spacial score (nSPS) is 16.5. The van der Waals surface area contributed by atoms with E-state index in [2.05, 4.69) is 13.8 Å². The van der Waals surface area contributed by atoms with Crippen molar-refractivity contribution < 1.29 is 0 Å². The predicted molar refractivity (Wildman–Crippen MR) is 92.2 cm³/mol. The lowest BCUT2D eigenvalue weighted by molar-refractivity contribution is 0.440. The highest BCUT2D eigenvalue weighted by molar-refractivity contribution is 4.72. The van der Waals surface area contributed by atoms with Crippen LogP contribution in [0.5, 0.6) is 0 Å². The highest BCUT2D eigenvalue weighted by atomic mass is 14.3. The van der Waals surface area contributed by atoms with Gasteiger partial charge in [-0.25, -0.2) is 0 Å². The Balaban J connectivity index is 1.67. The van der Waals surface area contributed by atoms with E-state index < -0.39 is 0 Å². The van der Waals surface area contributed by atoms with Gasteiger partial charge in [0, 0.05) is 0 Å². The first-order valence-corrected chi connectivity index (χ1v) is 9.83. The highest BCUT2D eigenvalue weighted by Crippen LogP contribution is 2.34. The molecule has 0 spiro atoms. The van der Waals surface area contributed by atoms with Crippen LogP contribution in [0.3, 0.4) is 0 Å². The third-order valence-corrected chi connectivity index (χ3v) is 5.06. The smallest absolute Gasteiger partial charge is 0.0414 e. The Hall–Kier alpha value is 0. The van der Waals surface area contributed by atoms with Gasteiger partial charge in [0.1, 0.15) is 0 Å². The van der Waals surface area contributed by atoms with Gasteiger partial charge in [-0.2, -0.15) is 0 Å². The van der Waals surface area contributed by atoms with Crippen molar-refractivity contribution in [2.75, 3.05) is 0 Å². The molecular weight excluding hydrogens is 240 g/mol. The summed E-state index contributed by atoms with van der Waals surface area (Å²) in [6.45, 7) is 4.75. The van der Waals surface area contributed by atoms with Gasteiger partial charge in [0.25, 0.3) is 0 Å². The molecule has 0 heteroatoms. The lowest BCUT2D eigenvalue weighted by atomic mass is 9.97. The van der Waals surface area contributed by atoms with Gasteiger partial charge in [0.2, 0.25) is 0 Å². The third-order valence-electron chi connectivity index (χ3n) is 5.06. The first-order chi connectivity index (χ1) is 9.83. The molecular formula is C20H40. The van der Waals surface area contributed by atoms with Crippen molar-refractivity contribution in [3.63, 3.8) is 0 Å². The van der Waals surface area contributed by atoms with E-state index in [1.54, 1.807) is 0 Å². The molecule has 0 aromatic carbocycles. The van der Waals surface area contributed by atoms with E-state index in [9.17, 15) is 0 Å². The molecule has 0 N–H and O–H groups in total. The second-order valence-electron chi connectivity index (χ2n) is 7.45. The molecule has 1 saturated carbocycles. The maximum absolute atomic E-state index is 2.44. The molecule has 1 atom stereocenters. The Labute approximate surface area is 129 Å². The molecule has 0 bridgehead atoms. The first kappa shape index (κ1) is 18.1. The summed E-state index contributed by atoms with van der Waals surface area (Å²) in [5, 5.41) is 0. The second-order valence-corrected chi connectivity index (χ2v) is 7.45. The van der Waals surface area contributed by atoms with Crippen LogP contribution in [0.1, 0.15) is 117 Å². The van der Waals surface area contributed by atoms with Crippen LogP contribution in [0.2, 0.25) is 0 Å². The van der Waals surface area contributed by atoms with Crippen LogP contribution >= 0.6 is 0 Å². The zero-order valence-corrected chi connectivity index (χ0v) is 14.5. The van der Waals surface area contributed by atoms with Crippen LogP contribution < -0.4 is 0 Å². The minimum Gasteiger partial charge on any atom is -0.0654 e. The lowest BCUT2D eigenvalue weighted by Gasteiger charge is -2.10. The van der Waals surface area contributed by atoms with Gasteiger partial charge in [-0.15, -0.1) is 0 Å². The zero-order valence-electron chi connectivity index (χ0n) is 14.5. The number of hydrogen-bond acceptors (Lipinski definition) is 0.